The largest absolute Gasteiger partial charge is 0.495 e. The molecule has 8 heteroatoms. The van der Waals surface area contributed by atoms with Crippen molar-refractivity contribution in [3.8, 4) is 5.75 Å². The van der Waals surface area contributed by atoms with Gasteiger partial charge in [-0.1, -0.05) is 6.92 Å². The molecule has 0 aromatic heterocycles. The number of carbonyl (C=O) groups is 1. The third kappa shape index (κ3) is 3.65. The van der Waals surface area contributed by atoms with Crippen molar-refractivity contribution in [2.75, 3.05) is 32.1 Å². The summed E-state index contributed by atoms with van der Waals surface area (Å²) < 4.78 is 32.5. The van der Waals surface area contributed by atoms with E-state index in [1.807, 2.05) is 6.92 Å². The molecule has 1 fully saturated rings. The minimum atomic E-state index is -3.72. The summed E-state index contributed by atoms with van der Waals surface area (Å²) in [4.78, 5) is 11.2. The zero-order valence-electron chi connectivity index (χ0n) is 13.6. The summed E-state index contributed by atoms with van der Waals surface area (Å²) in [5, 5.41) is 2.59. The van der Waals surface area contributed by atoms with Crippen molar-refractivity contribution >= 4 is 21.6 Å². The Balaban J connectivity index is 2.40. The predicted molar refractivity (Wildman–Crippen MR) is 87.8 cm³/mol. The number of benzene rings is 1. The van der Waals surface area contributed by atoms with Crippen LogP contribution in [0.4, 0.5) is 5.69 Å². The van der Waals surface area contributed by atoms with Gasteiger partial charge in [0.25, 0.3) is 0 Å². The molecule has 0 radical (unpaired) electrons. The zero-order chi connectivity index (χ0) is 17.3. The number of amides is 1. The molecule has 1 saturated heterocycles. The maximum absolute atomic E-state index is 12.9. The number of carbonyl (C=O) groups excluding carboxylic acids is 1. The number of ether oxygens (including phenoxy) is 1. The molecule has 0 saturated carbocycles. The first kappa shape index (κ1) is 17.7. The monoisotopic (exact) mass is 341 g/mol. The first-order valence-corrected chi connectivity index (χ1v) is 8.82. The molecule has 7 nitrogen and oxygen atoms in total. The third-order valence-corrected chi connectivity index (χ3v) is 5.98. The number of hydrogen-bond donors (Lipinski definition) is 2. The molecular weight excluding hydrogens is 318 g/mol. The normalized spacial score (nSPS) is 22.1. The second-order valence-electron chi connectivity index (χ2n) is 6.15. The molecule has 0 aliphatic carbocycles. The van der Waals surface area contributed by atoms with Gasteiger partial charge in [0.2, 0.25) is 15.9 Å². The Labute approximate surface area is 136 Å². The number of rotatable bonds is 5. The topological polar surface area (TPSA) is 102 Å². The van der Waals surface area contributed by atoms with Crippen LogP contribution in [0.5, 0.6) is 5.75 Å². The van der Waals surface area contributed by atoms with E-state index in [1.54, 1.807) is 6.07 Å². The summed E-state index contributed by atoms with van der Waals surface area (Å²) in [6.45, 7) is 4.57. The first-order chi connectivity index (χ1) is 10.7. The predicted octanol–water partition coefficient (Wildman–Crippen LogP) is 1.01. The molecule has 0 bridgehead atoms. The van der Waals surface area contributed by atoms with Crippen LogP contribution in [0.25, 0.3) is 0 Å². The second kappa shape index (κ2) is 6.46. The molecule has 1 unspecified atom stereocenters. The number of nitrogens with zero attached hydrogens (tertiary/aromatic N) is 1. The third-order valence-electron chi connectivity index (χ3n) is 4.12. The summed E-state index contributed by atoms with van der Waals surface area (Å²) in [7, 11) is -2.30. The molecule has 1 aliphatic rings. The van der Waals surface area contributed by atoms with Gasteiger partial charge >= 0.3 is 0 Å². The molecule has 1 aliphatic heterocycles. The van der Waals surface area contributed by atoms with E-state index in [9.17, 15) is 13.2 Å². The molecule has 23 heavy (non-hydrogen) atoms. The molecule has 3 N–H and O–H groups in total. The van der Waals surface area contributed by atoms with Crippen LogP contribution in [-0.4, -0.2) is 45.4 Å². The van der Waals surface area contributed by atoms with E-state index in [-0.39, 0.29) is 22.0 Å². The number of anilines is 1. The lowest BCUT2D eigenvalue weighted by molar-refractivity contribution is -0.114. The SMILES string of the molecule is COc1ccc(NC(C)=O)cc1S(=O)(=O)N1CCC(C)(CN)C1. The highest BCUT2D eigenvalue weighted by atomic mass is 32.2. The fourth-order valence-corrected chi connectivity index (χ4v) is 4.42. The fraction of sp³-hybridized carbons (Fsp3) is 0.533. The van der Waals surface area contributed by atoms with Crippen molar-refractivity contribution in [3.63, 3.8) is 0 Å². The maximum atomic E-state index is 12.9. The standard InChI is InChI=1S/C15H23N3O4S/c1-11(19)17-12-4-5-13(22-3)14(8-12)23(20,21)18-7-6-15(2,9-16)10-18/h4-5,8H,6-7,9-10,16H2,1-3H3,(H,17,19). The van der Waals surface area contributed by atoms with E-state index < -0.39 is 10.0 Å². The Morgan fingerprint density at radius 1 is 1.48 bits per heavy atom. The summed E-state index contributed by atoms with van der Waals surface area (Å²) in [6.07, 6.45) is 0.719. The molecule has 128 valence electrons. The van der Waals surface area contributed by atoms with Gasteiger partial charge < -0.3 is 15.8 Å². The van der Waals surface area contributed by atoms with E-state index in [0.29, 0.717) is 25.3 Å². The van der Waals surface area contributed by atoms with Crippen LogP contribution in [0, 0.1) is 5.41 Å². The van der Waals surface area contributed by atoms with E-state index in [1.165, 1.54) is 30.5 Å². The fourth-order valence-electron chi connectivity index (χ4n) is 2.65. The van der Waals surface area contributed by atoms with Gasteiger partial charge in [-0.25, -0.2) is 8.42 Å². The molecule has 1 aromatic rings. The molecule has 1 atom stereocenters. The van der Waals surface area contributed by atoms with E-state index >= 15 is 0 Å². The van der Waals surface area contributed by atoms with Gasteiger partial charge in [0.15, 0.2) is 0 Å². The summed E-state index contributed by atoms with van der Waals surface area (Å²) in [6, 6.07) is 4.57. The average Bonchev–Trinajstić information content (AvgIpc) is 2.90. The van der Waals surface area contributed by atoms with Crippen molar-refractivity contribution in [1.82, 2.24) is 4.31 Å². The van der Waals surface area contributed by atoms with Crippen molar-refractivity contribution in [3.05, 3.63) is 18.2 Å². The Morgan fingerprint density at radius 3 is 2.70 bits per heavy atom. The number of nitrogens with two attached hydrogens (primary N) is 1. The molecule has 2 rings (SSSR count). The Kier molecular flexibility index (Phi) is 4.98. The summed E-state index contributed by atoms with van der Waals surface area (Å²) in [5.41, 5.74) is 5.96. The number of methoxy groups -OCH3 is 1. The first-order valence-electron chi connectivity index (χ1n) is 7.38. The summed E-state index contributed by atoms with van der Waals surface area (Å²) >= 11 is 0. The van der Waals surface area contributed by atoms with Gasteiger partial charge in [0, 0.05) is 25.7 Å². The lowest BCUT2D eigenvalue weighted by atomic mass is 9.90. The van der Waals surface area contributed by atoms with Gasteiger partial charge in [-0.3, -0.25) is 4.79 Å². The molecular formula is C15H23N3O4S. The van der Waals surface area contributed by atoms with Crippen LogP contribution in [0.1, 0.15) is 20.3 Å². The minimum absolute atomic E-state index is 0.0486. The van der Waals surface area contributed by atoms with Crippen LogP contribution < -0.4 is 15.8 Å². The van der Waals surface area contributed by atoms with E-state index in [0.717, 1.165) is 6.42 Å². The van der Waals surface area contributed by atoms with Crippen LogP contribution in [0.3, 0.4) is 0 Å². The minimum Gasteiger partial charge on any atom is -0.495 e. The smallest absolute Gasteiger partial charge is 0.246 e. The number of nitrogens with one attached hydrogen (secondary N) is 1. The van der Waals surface area contributed by atoms with Crippen molar-refractivity contribution in [2.24, 2.45) is 11.1 Å². The van der Waals surface area contributed by atoms with Gasteiger partial charge in [0.05, 0.1) is 7.11 Å². The van der Waals surface area contributed by atoms with Gasteiger partial charge in [-0.15, -0.1) is 0 Å². The quantitative estimate of drug-likeness (QED) is 0.832. The van der Waals surface area contributed by atoms with E-state index in [4.69, 9.17) is 10.5 Å². The van der Waals surface area contributed by atoms with Crippen LogP contribution in [-0.2, 0) is 14.8 Å². The lowest BCUT2D eigenvalue weighted by Crippen LogP contribution is -2.34. The number of sulfonamides is 1. The average molecular weight is 341 g/mol. The van der Waals surface area contributed by atoms with Gasteiger partial charge in [-0.2, -0.15) is 4.31 Å². The Hall–Kier alpha value is -1.64. The van der Waals surface area contributed by atoms with Crippen LogP contribution >= 0.6 is 0 Å². The molecule has 0 spiro atoms. The van der Waals surface area contributed by atoms with Crippen molar-refractivity contribution < 1.29 is 17.9 Å². The van der Waals surface area contributed by atoms with Gasteiger partial charge in [-0.05, 0) is 36.6 Å². The second-order valence-corrected chi connectivity index (χ2v) is 8.06. The van der Waals surface area contributed by atoms with Crippen molar-refractivity contribution in [2.45, 2.75) is 25.2 Å². The maximum Gasteiger partial charge on any atom is 0.246 e. The molecule has 1 amide bonds. The highest BCUT2D eigenvalue weighted by molar-refractivity contribution is 7.89. The highest BCUT2D eigenvalue weighted by Gasteiger charge is 2.40. The van der Waals surface area contributed by atoms with E-state index in [2.05, 4.69) is 5.32 Å². The number of hydrogen-bond acceptors (Lipinski definition) is 5. The van der Waals surface area contributed by atoms with Crippen LogP contribution in [0.2, 0.25) is 0 Å². The summed E-state index contributed by atoms with van der Waals surface area (Å²) in [5.74, 6) is -0.0177. The molecule has 1 heterocycles. The Bertz CT molecular complexity index is 705. The lowest BCUT2D eigenvalue weighted by Gasteiger charge is -2.23. The molecule has 1 aromatic carbocycles. The highest BCUT2D eigenvalue weighted by Crippen LogP contribution is 2.36. The van der Waals surface area contributed by atoms with Crippen LogP contribution in [0.15, 0.2) is 23.1 Å². The van der Waals surface area contributed by atoms with Gasteiger partial charge in [0.1, 0.15) is 10.6 Å². The van der Waals surface area contributed by atoms with Crippen molar-refractivity contribution in [1.29, 1.82) is 0 Å². The zero-order valence-corrected chi connectivity index (χ0v) is 14.4. The Morgan fingerprint density at radius 2 is 2.17 bits per heavy atom.